The highest BCUT2D eigenvalue weighted by Gasteiger charge is 2.21. The molecule has 1 heterocycles. The molecule has 1 aliphatic rings. The van der Waals surface area contributed by atoms with Crippen LogP contribution in [-0.4, -0.2) is 29.6 Å². The Morgan fingerprint density at radius 2 is 1.77 bits per heavy atom. The van der Waals surface area contributed by atoms with E-state index in [1.54, 1.807) is 7.05 Å². The Kier molecular flexibility index (Phi) is 5.63. The van der Waals surface area contributed by atoms with Gasteiger partial charge in [0.2, 0.25) is 5.91 Å². The van der Waals surface area contributed by atoms with Gasteiger partial charge in [0.1, 0.15) is 18.1 Å². The quantitative estimate of drug-likeness (QED) is 0.869. The molecular formula is C20H21N3O3. The van der Waals surface area contributed by atoms with Crippen molar-refractivity contribution < 1.29 is 14.3 Å². The van der Waals surface area contributed by atoms with Gasteiger partial charge in [-0.15, -0.1) is 0 Å². The predicted octanol–water partition coefficient (Wildman–Crippen LogP) is 2.49. The molecule has 0 aromatic heterocycles. The van der Waals surface area contributed by atoms with Crippen molar-refractivity contribution in [2.24, 2.45) is 5.10 Å². The number of rotatable bonds is 6. The largest absolute Gasteiger partial charge is 0.489 e. The van der Waals surface area contributed by atoms with E-state index in [0.29, 0.717) is 31.7 Å². The lowest BCUT2D eigenvalue weighted by Gasteiger charge is -2.18. The molecule has 0 bridgehead atoms. The molecule has 0 radical (unpaired) electrons. The topological polar surface area (TPSA) is 71.0 Å². The molecule has 0 atom stereocenters. The van der Waals surface area contributed by atoms with Crippen LogP contribution in [0.2, 0.25) is 0 Å². The van der Waals surface area contributed by atoms with E-state index in [0.717, 1.165) is 16.9 Å². The van der Waals surface area contributed by atoms with Gasteiger partial charge < -0.3 is 10.1 Å². The third-order valence-corrected chi connectivity index (χ3v) is 4.09. The van der Waals surface area contributed by atoms with Gasteiger partial charge in [-0.2, -0.15) is 5.10 Å². The molecule has 0 aliphatic carbocycles. The monoisotopic (exact) mass is 351 g/mol. The molecular weight excluding hydrogens is 330 g/mol. The fraction of sp³-hybridized carbons (Fsp3) is 0.250. The lowest BCUT2D eigenvalue weighted by molar-refractivity contribution is -0.130. The van der Waals surface area contributed by atoms with Gasteiger partial charge in [-0.05, 0) is 23.3 Å². The summed E-state index contributed by atoms with van der Waals surface area (Å²) in [5.41, 5.74) is 2.43. The molecule has 26 heavy (non-hydrogen) atoms. The van der Waals surface area contributed by atoms with Crippen molar-refractivity contribution in [3.8, 4) is 5.75 Å². The highest BCUT2D eigenvalue weighted by Crippen LogP contribution is 2.12. The van der Waals surface area contributed by atoms with Crippen LogP contribution in [0.25, 0.3) is 0 Å². The number of nitrogens with one attached hydrogen (secondary N) is 1. The van der Waals surface area contributed by atoms with E-state index in [1.165, 1.54) is 5.01 Å². The Morgan fingerprint density at radius 3 is 2.46 bits per heavy atom. The van der Waals surface area contributed by atoms with Crippen molar-refractivity contribution in [1.82, 2.24) is 10.3 Å². The molecule has 134 valence electrons. The van der Waals surface area contributed by atoms with Crippen LogP contribution in [0.1, 0.15) is 24.0 Å². The molecule has 2 aromatic rings. The van der Waals surface area contributed by atoms with E-state index in [9.17, 15) is 9.59 Å². The van der Waals surface area contributed by atoms with Crippen LogP contribution in [0, 0.1) is 0 Å². The van der Waals surface area contributed by atoms with Gasteiger partial charge in [0, 0.05) is 26.4 Å². The zero-order valence-electron chi connectivity index (χ0n) is 14.6. The van der Waals surface area contributed by atoms with Crippen molar-refractivity contribution in [2.45, 2.75) is 26.0 Å². The lowest BCUT2D eigenvalue weighted by atomic mass is 10.1. The van der Waals surface area contributed by atoms with E-state index < -0.39 is 0 Å². The summed E-state index contributed by atoms with van der Waals surface area (Å²) >= 11 is 0. The van der Waals surface area contributed by atoms with Gasteiger partial charge in [-0.25, -0.2) is 5.01 Å². The Morgan fingerprint density at radius 1 is 1.08 bits per heavy atom. The zero-order chi connectivity index (χ0) is 18.4. The highest BCUT2D eigenvalue weighted by atomic mass is 16.5. The fourth-order valence-corrected chi connectivity index (χ4v) is 2.55. The molecule has 1 N–H and O–H groups in total. The van der Waals surface area contributed by atoms with Crippen molar-refractivity contribution in [2.75, 3.05) is 7.05 Å². The summed E-state index contributed by atoms with van der Waals surface area (Å²) in [5.74, 6) is 0.524. The number of ether oxygens (including phenoxy) is 1. The SMILES string of the molecule is CN1N=C(C(=O)NCc2ccc(COc3ccccc3)cc2)CCC1=O. The Bertz CT molecular complexity index is 801. The summed E-state index contributed by atoms with van der Waals surface area (Å²) in [7, 11) is 1.56. The number of para-hydroxylation sites is 1. The summed E-state index contributed by atoms with van der Waals surface area (Å²) in [6.45, 7) is 0.906. The minimum absolute atomic E-state index is 0.0742. The Hall–Kier alpha value is -3.15. The third kappa shape index (κ3) is 4.69. The maximum Gasteiger partial charge on any atom is 0.267 e. The van der Waals surface area contributed by atoms with E-state index >= 15 is 0 Å². The minimum Gasteiger partial charge on any atom is -0.489 e. The number of amides is 2. The molecule has 2 aromatic carbocycles. The fourth-order valence-electron chi connectivity index (χ4n) is 2.55. The van der Waals surface area contributed by atoms with E-state index in [2.05, 4.69) is 10.4 Å². The number of hydrogen-bond donors (Lipinski definition) is 1. The van der Waals surface area contributed by atoms with Crippen LogP contribution in [0.4, 0.5) is 0 Å². The second-order valence-corrected chi connectivity index (χ2v) is 6.06. The first-order chi connectivity index (χ1) is 12.6. The lowest BCUT2D eigenvalue weighted by Crippen LogP contribution is -2.37. The van der Waals surface area contributed by atoms with Crippen molar-refractivity contribution in [1.29, 1.82) is 0 Å². The average molecular weight is 351 g/mol. The van der Waals surface area contributed by atoms with Crippen LogP contribution in [0.3, 0.4) is 0 Å². The highest BCUT2D eigenvalue weighted by molar-refractivity contribution is 6.39. The standard InChI is InChI=1S/C20H21N3O3/c1-23-19(24)12-11-18(22-23)20(25)21-13-15-7-9-16(10-8-15)14-26-17-5-3-2-4-6-17/h2-10H,11-14H2,1H3,(H,21,25). The molecule has 6 heteroatoms. The third-order valence-electron chi connectivity index (χ3n) is 4.09. The van der Waals surface area contributed by atoms with Gasteiger partial charge in [0.15, 0.2) is 0 Å². The van der Waals surface area contributed by atoms with Crippen LogP contribution < -0.4 is 10.1 Å². The maximum absolute atomic E-state index is 12.2. The molecule has 2 amide bonds. The molecule has 1 aliphatic heterocycles. The first kappa shape index (κ1) is 17.7. The molecule has 0 unspecified atom stereocenters. The number of nitrogens with zero attached hydrogens (tertiary/aromatic N) is 2. The van der Waals surface area contributed by atoms with E-state index in [4.69, 9.17) is 4.74 Å². The average Bonchev–Trinajstić information content (AvgIpc) is 2.68. The van der Waals surface area contributed by atoms with Crippen molar-refractivity contribution >= 4 is 17.5 Å². The van der Waals surface area contributed by atoms with Crippen LogP contribution in [0.15, 0.2) is 59.7 Å². The van der Waals surface area contributed by atoms with E-state index in [-0.39, 0.29) is 11.8 Å². The zero-order valence-corrected chi connectivity index (χ0v) is 14.6. The summed E-state index contributed by atoms with van der Waals surface area (Å²) in [5, 5.41) is 8.08. The molecule has 0 spiro atoms. The number of benzene rings is 2. The number of carbonyl (C=O) groups is 2. The van der Waals surface area contributed by atoms with Crippen LogP contribution in [-0.2, 0) is 22.7 Å². The number of carbonyl (C=O) groups excluding carboxylic acids is 2. The minimum atomic E-state index is -0.235. The maximum atomic E-state index is 12.2. The van der Waals surface area contributed by atoms with Gasteiger partial charge in [0.25, 0.3) is 5.91 Å². The first-order valence-corrected chi connectivity index (χ1v) is 8.50. The molecule has 0 saturated heterocycles. The smallest absolute Gasteiger partial charge is 0.267 e. The van der Waals surface area contributed by atoms with E-state index in [1.807, 2.05) is 54.6 Å². The summed E-state index contributed by atoms with van der Waals surface area (Å²) in [4.78, 5) is 23.5. The van der Waals surface area contributed by atoms with Gasteiger partial charge in [-0.3, -0.25) is 9.59 Å². The molecule has 6 nitrogen and oxygen atoms in total. The summed E-state index contributed by atoms with van der Waals surface area (Å²) in [6, 6.07) is 17.5. The Labute approximate surface area is 152 Å². The molecule has 0 fully saturated rings. The number of hydrogen-bond acceptors (Lipinski definition) is 4. The van der Waals surface area contributed by atoms with Crippen LogP contribution in [0.5, 0.6) is 5.75 Å². The second kappa shape index (κ2) is 8.29. The Balaban J connectivity index is 1.49. The van der Waals surface area contributed by atoms with Crippen molar-refractivity contribution in [3.63, 3.8) is 0 Å². The molecule has 0 saturated carbocycles. The number of hydrazone groups is 1. The van der Waals surface area contributed by atoms with Crippen LogP contribution >= 0.6 is 0 Å². The summed E-state index contributed by atoms with van der Waals surface area (Å²) in [6.07, 6.45) is 0.698. The van der Waals surface area contributed by atoms with Crippen molar-refractivity contribution in [3.05, 3.63) is 65.7 Å². The second-order valence-electron chi connectivity index (χ2n) is 6.06. The molecule has 3 rings (SSSR count). The summed E-state index contributed by atoms with van der Waals surface area (Å²) < 4.78 is 5.71. The normalized spacial score (nSPS) is 14.0. The van der Waals surface area contributed by atoms with Gasteiger partial charge in [-0.1, -0.05) is 42.5 Å². The van der Waals surface area contributed by atoms with Gasteiger partial charge >= 0.3 is 0 Å². The first-order valence-electron chi connectivity index (χ1n) is 8.50. The predicted molar refractivity (Wildman–Crippen MR) is 98.5 cm³/mol. The van der Waals surface area contributed by atoms with Gasteiger partial charge in [0.05, 0.1) is 0 Å².